The third kappa shape index (κ3) is 2.58. The van der Waals surface area contributed by atoms with Crippen molar-refractivity contribution >= 4 is 21.6 Å². The highest BCUT2D eigenvalue weighted by Crippen LogP contribution is 2.35. The smallest absolute Gasteiger partial charge is 0.231 e. The average molecular weight is 338 g/mol. The van der Waals surface area contributed by atoms with Gasteiger partial charge >= 0.3 is 0 Å². The fraction of sp³-hybridized carbons (Fsp3) is 0.200. The first-order chi connectivity index (χ1) is 9.63. The summed E-state index contributed by atoms with van der Waals surface area (Å²) in [5.74, 6) is 1.21. The second-order valence-electron chi connectivity index (χ2n) is 4.60. The molecule has 0 radical (unpaired) electrons. The van der Waals surface area contributed by atoms with Crippen LogP contribution >= 0.6 is 15.9 Å². The monoisotopic (exact) mass is 337 g/mol. The van der Waals surface area contributed by atoms with E-state index in [2.05, 4.69) is 21.2 Å². The molecule has 3 rings (SSSR count). The van der Waals surface area contributed by atoms with Crippen LogP contribution in [-0.4, -0.2) is 6.79 Å². The lowest BCUT2D eigenvalue weighted by Gasteiger charge is -2.17. The Morgan fingerprint density at radius 1 is 1.15 bits per heavy atom. The Bertz CT molecular complexity index is 648. The summed E-state index contributed by atoms with van der Waals surface area (Å²) in [4.78, 5) is 0. The number of ether oxygens (including phenoxy) is 2. The van der Waals surface area contributed by atoms with E-state index in [0.717, 1.165) is 15.9 Å². The number of hydrogen-bond acceptors (Lipinski definition) is 3. The van der Waals surface area contributed by atoms with Crippen LogP contribution in [0.3, 0.4) is 0 Å². The molecule has 0 fully saturated rings. The summed E-state index contributed by atoms with van der Waals surface area (Å²) in [7, 11) is 0. The van der Waals surface area contributed by atoms with Crippen molar-refractivity contribution in [2.24, 2.45) is 0 Å². The van der Waals surface area contributed by atoms with Crippen LogP contribution in [0.25, 0.3) is 0 Å². The molecule has 0 bridgehead atoms. The Morgan fingerprint density at radius 2 is 1.95 bits per heavy atom. The van der Waals surface area contributed by atoms with E-state index in [9.17, 15) is 4.39 Å². The molecule has 0 aromatic heterocycles. The molecule has 1 aliphatic heterocycles. The van der Waals surface area contributed by atoms with Gasteiger partial charge in [-0.3, -0.25) is 0 Å². The molecule has 1 unspecified atom stereocenters. The van der Waals surface area contributed by atoms with Gasteiger partial charge in [0.25, 0.3) is 0 Å². The minimum absolute atomic E-state index is 0.150. The molecular formula is C15H13BrFNO2. The molecule has 0 saturated carbocycles. The first kappa shape index (κ1) is 13.2. The molecule has 2 aromatic rings. The van der Waals surface area contributed by atoms with Crippen molar-refractivity contribution in [2.75, 3.05) is 12.1 Å². The molecule has 1 aliphatic rings. The molecule has 5 heteroatoms. The van der Waals surface area contributed by atoms with E-state index in [1.165, 1.54) is 6.07 Å². The number of anilines is 1. The van der Waals surface area contributed by atoms with E-state index < -0.39 is 0 Å². The Balaban J connectivity index is 1.80. The van der Waals surface area contributed by atoms with Gasteiger partial charge < -0.3 is 14.8 Å². The molecule has 0 amide bonds. The van der Waals surface area contributed by atoms with Crippen molar-refractivity contribution in [3.8, 4) is 11.5 Å². The van der Waals surface area contributed by atoms with Gasteiger partial charge in [0.15, 0.2) is 11.5 Å². The molecule has 3 nitrogen and oxygen atoms in total. The van der Waals surface area contributed by atoms with E-state index in [1.54, 1.807) is 6.07 Å². The number of benzene rings is 2. The molecular weight excluding hydrogens is 325 g/mol. The zero-order valence-corrected chi connectivity index (χ0v) is 12.4. The van der Waals surface area contributed by atoms with Gasteiger partial charge in [-0.05, 0) is 31.2 Å². The summed E-state index contributed by atoms with van der Waals surface area (Å²) in [6.07, 6.45) is 0. The van der Waals surface area contributed by atoms with E-state index in [4.69, 9.17) is 9.47 Å². The summed E-state index contributed by atoms with van der Waals surface area (Å²) < 4.78 is 25.2. The number of nitrogens with one attached hydrogen (secondary N) is 1. The maximum absolute atomic E-state index is 13.9. The number of rotatable bonds is 3. The lowest BCUT2D eigenvalue weighted by Crippen LogP contribution is -2.08. The first-order valence-corrected chi connectivity index (χ1v) is 7.04. The van der Waals surface area contributed by atoms with Crippen LogP contribution in [0.2, 0.25) is 0 Å². The molecule has 0 aliphatic carbocycles. The average Bonchev–Trinajstić information content (AvgIpc) is 2.85. The predicted molar refractivity (Wildman–Crippen MR) is 78.7 cm³/mol. The highest BCUT2D eigenvalue weighted by Gasteiger charge is 2.15. The molecule has 0 saturated heterocycles. The normalized spacial score (nSPS) is 14.2. The minimum atomic E-state index is -0.236. The lowest BCUT2D eigenvalue weighted by molar-refractivity contribution is 0.174. The van der Waals surface area contributed by atoms with Crippen molar-refractivity contribution in [1.82, 2.24) is 0 Å². The van der Waals surface area contributed by atoms with Crippen LogP contribution < -0.4 is 14.8 Å². The predicted octanol–water partition coefficient (Wildman–Crippen LogP) is 4.49. The van der Waals surface area contributed by atoms with Gasteiger partial charge in [0.05, 0.1) is 6.04 Å². The van der Waals surface area contributed by atoms with Crippen molar-refractivity contribution in [2.45, 2.75) is 13.0 Å². The van der Waals surface area contributed by atoms with E-state index in [-0.39, 0.29) is 18.7 Å². The van der Waals surface area contributed by atoms with Crippen LogP contribution in [0.15, 0.2) is 40.9 Å². The van der Waals surface area contributed by atoms with Gasteiger partial charge in [0.1, 0.15) is 5.82 Å². The maximum Gasteiger partial charge on any atom is 0.231 e. The fourth-order valence-electron chi connectivity index (χ4n) is 2.17. The van der Waals surface area contributed by atoms with Crippen molar-refractivity contribution in [1.29, 1.82) is 0 Å². The van der Waals surface area contributed by atoms with Gasteiger partial charge in [0.2, 0.25) is 6.79 Å². The summed E-state index contributed by atoms with van der Waals surface area (Å²) in [5, 5.41) is 3.26. The van der Waals surface area contributed by atoms with E-state index in [0.29, 0.717) is 11.3 Å². The molecule has 2 aromatic carbocycles. The molecule has 20 heavy (non-hydrogen) atoms. The summed E-state index contributed by atoms with van der Waals surface area (Å²) in [6, 6.07) is 10.5. The summed E-state index contributed by atoms with van der Waals surface area (Å²) in [5.41, 5.74) is 1.48. The quantitative estimate of drug-likeness (QED) is 0.894. The van der Waals surface area contributed by atoms with Crippen molar-refractivity contribution in [3.63, 3.8) is 0 Å². The van der Waals surface area contributed by atoms with Gasteiger partial charge in [-0.1, -0.05) is 22.0 Å². The zero-order valence-electron chi connectivity index (χ0n) is 10.8. The lowest BCUT2D eigenvalue weighted by atomic mass is 10.1. The fourth-order valence-corrected chi connectivity index (χ4v) is 2.50. The van der Waals surface area contributed by atoms with E-state index in [1.807, 2.05) is 31.2 Å². The minimum Gasteiger partial charge on any atom is -0.454 e. The first-order valence-electron chi connectivity index (χ1n) is 6.24. The third-order valence-corrected chi connectivity index (χ3v) is 3.68. The maximum atomic E-state index is 13.9. The summed E-state index contributed by atoms with van der Waals surface area (Å²) >= 11 is 3.26. The third-order valence-electron chi connectivity index (χ3n) is 3.18. The highest BCUT2D eigenvalue weighted by molar-refractivity contribution is 9.10. The Labute approximate surface area is 124 Å². The molecule has 104 valence electrons. The zero-order chi connectivity index (χ0) is 14.1. The standard InChI is InChI=1S/C15H13BrFNO2/c1-9(12-4-2-10(16)6-13(12)17)18-11-3-5-14-15(7-11)20-8-19-14/h2-7,9,18H,8H2,1H3. The highest BCUT2D eigenvalue weighted by atomic mass is 79.9. The van der Waals surface area contributed by atoms with Crippen LogP contribution in [0, 0.1) is 5.82 Å². The Hall–Kier alpha value is -1.75. The second-order valence-corrected chi connectivity index (χ2v) is 5.52. The summed E-state index contributed by atoms with van der Waals surface area (Å²) in [6.45, 7) is 2.16. The second kappa shape index (κ2) is 5.32. The largest absolute Gasteiger partial charge is 0.454 e. The van der Waals surface area contributed by atoms with Gasteiger partial charge in [0, 0.05) is 21.8 Å². The molecule has 0 spiro atoms. The van der Waals surface area contributed by atoms with Crippen LogP contribution in [-0.2, 0) is 0 Å². The molecule has 1 heterocycles. The number of halogens is 2. The van der Waals surface area contributed by atoms with Crippen LogP contribution in [0.1, 0.15) is 18.5 Å². The van der Waals surface area contributed by atoms with Crippen molar-refractivity contribution < 1.29 is 13.9 Å². The van der Waals surface area contributed by atoms with Crippen LogP contribution in [0.5, 0.6) is 11.5 Å². The molecule has 1 atom stereocenters. The van der Waals surface area contributed by atoms with Gasteiger partial charge in [-0.15, -0.1) is 0 Å². The molecule has 1 N–H and O–H groups in total. The number of fused-ring (bicyclic) bond motifs is 1. The van der Waals surface area contributed by atoms with E-state index >= 15 is 0 Å². The van der Waals surface area contributed by atoms with Gasteiger partial charge in [-0.2, -0.15) is 0 Å². The Kier molecular flexibility index (Phi) is 3.53. The van der Waals surface area contributed by atoms with Gasteiger partial charge in [-0.25, -0.2) is 4.39 Å². The topological polar surface area (TPSA) is 30.5 Å². The van der Waals surface area contributed by atoms with Crippen molar-refractivity contribution in [3.05, 3.63) is 52.3 Å². The van der Waals surface area contributed by atoms with Crippen LogP contribution in [0.4, 0.5) is 10.1 Å². The number of hydrogen-bond donors (Lipinski definition) is 1. The Morgan fingerprint density at radius 3 is 2.75 bits per heavy atom. The SMILES string of the molecule is CC(Nc1ccc2c(c1)OCO2)c1ccc(Br)cc1F.